The lowest BCUT2D eigenvalue weighted by molar-refractivity contribution is 0.122. The molecule has 3 aromatic rings. The van der Waals surface area contributed by atoms with Crippen LogP contribution in [0, 0.1) is 6.92 Å². The Hall–Kier alpha value is -2.81. The fraction of sp³-hybridized carbons (Fsp3) is 0.357. The third-order valence-electron chi connectivity index (χ3n) is 3.69. The van der Waals surface area contributed by atoms with Gasteiger partial charge in [-0.05, 0) is 6.92 Å². The number of aryl methyl sites for hydroxylation is 1. The second kappa shape index (κ2) is 5.43. The van der Waals surface area contributed by atoms with Crippen LogP contribution in [0.5, 0.6) is 0 Å². The smallest absolute Gasteiger partial charge is 0.219 e. The number of ether oxygens (including phenoxy) is 1. The molecule has 4 heterocycles. The summed E-state index contributed by atoms with van der Waals surface area (Å²) in [5, 5.41) is 4.41. The minimum atomic E-state index is 0.236. The number of hydrogen-bond donors (Lipinski definition) is 1. The molecule has 1 fully saturated rings. The van der Waals surface area contributed by atoms with E-state index >= 15 is 0 Å². The van der Waals surface area contributed by atoms with Crippen molar-refractivity contribution in [2.24, 2.45) is 0 Å². The molecule has 1 saturated heterocycles. The average molecular weight is 312 g/mol. The molecule has 0 aromatic carbocycles. The maximum atomic E-state index is 5.55. The van der Waals surface area contributed by atoms with Gasteiger partial charge >= 0.3 is 0 Å². The third-order valence-corrected chi connectivity index (χ3v) is 3.69. The van der Waals surface area contributed by atoms with Crippen LogP contribution in [0.25, 0.3) is 16.9 Å². The van der Waals surface area contributed by atoms with Crippen molar-refractivity contribution < 1.29 is 4.74 Å². The molecule has 1 aliphatic heterocycles. The number of nitrogen functional groups attached to an aromatic ring is 1. The van der Waals surface area contributed by atoms with Gasteiger partial charge in [-0.1, -0.05) is 0 Å². The van der Waals surface area contributed by atoms with Crippen molar-refractivity contribution in [3.05, 3.63) is 24.4 Å². The summed E-state index contributed by atoms with van der Waals surface area (Å²) in [4.78, 5) is 19.5. The predicted molar refractivity (Wildman–Crippen MR) is 84.0 cm³/mol. The second-order valence-electron chi connectivity index (χ2n) is 5.31. The van der Waals surface area contributed by atoms with Crippen molar-refractivity contribution in [2.75, 3.05) is 36.9 Å². The van der Waals surface area contributed by atoms with Crippen LogP contribution in [-0.4, -0.2) is 55.9 Å². The highest BCUT2D eigenvalue weighted by Gasteiger charge is 2.19. The van der Waals surface area contributed by atoms with E-state index in [1.54, 1.807) is 16.9 Å². The molecule has 0 aliphatic carbocycles. The van der Waals surface area contributed by atoms with Gasteiger partial charge in [0.05, 0.1) is 25.1 Å². The van der Waals surface area contributed by atoms with Crippen LogP contribution in [0.15, 0.2) is 18.6 Å². The molecule has 0 saturated carbocycles. The van der Waals surface area contributed by atoms with Crippen LogP contribution in [0.4, 0.5) is 11.8 Å². The van der Waals surface area contributed by atoms with E-state index in [2.05, 4.69) is 25.0 Å². The van der Waals surface area contributed by atoms with E-state index in [0.717, 1.165) is 35.8 Å². The van der Waals surface area contributed by atoms with Crippen molar-refractivity contribution in [2.45, 2.75) is 6.92 Å². The Morgan fingerprint density at radius 2 is 1.87 bits per heavy atom. The lowest BCUT2D eigenvalue weighted by Crippen LogP contribution is -2.37. The molecule has 4 rings (SSSR count). The minimum Gasteiger partial charge on any atom is -0.378 e. The summed E-state index contributed by atoms with van der Waals surface area (Å²) in [5.41, 5.74) is 7.80. The third kappa shape index (κ3) is 2.55. The van der Waals surface area contributed by atoms with Gasteiger partial charge in [0.1, 0.15) is 5.82 Å². The van der Waals surface area contributed by atoms with Crippen molar-refractivity contribution >= 4 is 17.4 Å². The molecule has 23 heavy (non-hydrogen) atoms. The van der Waals surface area contributed by atoms with Gasteiger partial charge < -0.3 is 15.4 Å². The topological polar surface area (TPSA) is 107 Å². The van der Waals surface area contributed by atoms with E-state index in [-0.39, 0.29) is 5.95 Å². The summed E-state index contributed by atoms with van der Waals surface area (Å²) in [6.07, 6.45) is 5.14. The molecule has 0 spiro atoms. The van der Waals surface area contributed by atoms with Gasteiger partial charge in [-0.15, -0.1) is 0 Å². The van der Waals surface area contributed by atoms with Gasteiger partial charge in [0.2, 0.25) is 5.95 Å². The Bertz CT molecular complexity index is 838. The zero-order valence-electron chi connectivity index (χ0n) is 12.7. The van der Waals surface area contributed by atoms with E-state index in [4.69, 9.17) is 15.5 Å². The Morgan fingerprint density at radius 1 is 1.13 bits per heavy atom. The minimum absolute atomic E-state index is 0.236. The lowest BCUT2D eigenvalue weighted by Gasteiger charge is -2.28. The standard InChI is InChI=1S/C14H16N8O/c1-9-18-13-12(21-2-4-23-5-3-21)19-11(8-22(13)20-9)10-6-16-14(15)17-7-10/h6-8H,2-5H2,1H3,(H2,15,16,17). The molecule has 9 heteroatoms. The number of hydrogen-bond acceptors (Lipinski definition) is 8. The van der Waals surface area contributed by atoms with Gasteiger partial charge in [-0.2, -0.15) is 5.10 Å². The lowest BCUT2D eigenvalue weighted by atomic mass is 10.2. The molecule has 2 N–H and O–H groups in total. The molecule has 118 valence electrons. The maximum Gasteiger partial charge on any atom is 0.219 e. The molecule has 0 unspecified atom stereocenters. The number of anilines is 2. The number of nitrogens with zero attached hydrogens (tertiary/aromatic N) is 7. The average Bonchev–Trinajstić information content (AvgIpc) is 2.95. The van der Waals surface area contributed by atoms with Crippen molar-refractivity contribution in [1.82, 2.24) is 29.5 Å². The van der Waals surface area contributed by atoms with Crippen molar-refractivity contribution in [3.8, 4) is 11.3 Å². The van der Waals surface area contributed by atoms with Crippen molar-refractivity contribution in [1.29, 1.82) is 0 Å². The largest absolute Gasteiger partial charge is 0.378 e. The zero-order chi connectivity index (χ0) is 15.8. The first kappa shape index (κ1) is 13.8. The Balaban J connectivity index is 1.87. The highest BCUT2D eigenvalue weighted by Crippen LogP contribution is 2.24. The molecule has 0 amide bonds. The van der Waals surface area contributed by atoms with E-state index < -0.39 is 0 Å². The predicted octanol–water partition coefficient (Wildman–Crippen LogP) is 0.309. The van der Waals surface area contributed by atoms with Gasteiger partial charge in [0.25, 0.3) is 0 Å². The summed E-state index contributed by atoms with van der Waals surface area (Å²) < 4.78 is 7.17. The van der Waals surface area contributed by atoms with E-state index in [1.165, 1.54) is 0 Å². The summed E-state index contributed by atoms with van der Waals surface area (Å²) in [6, 6.07) is 0. The molecule has 0 atom stereocenters. The first-order valence-electron chi connectivity index (χ1n) is 7.35. The Kier molecular flexibility index (Phi) is 3.27. The van der Waals surface area contributed by atoms with Gasteiger partial charge in [0.15, 0.2) is 11.5 Å². The summed E-state index contributed by atoms with van der Waals surface area (Å²) in [5.74, 6) is 1.73. The van der Waals surface area contributed by atoms with Crippen LogP contribution in [0.3, 0.4) is 0 Å². The number of fused-ring (bicyclic) bond motifs is 1. The van der Waals surface area contributed by atoms with Crippen LogP contribution in [0.2, 0.25) is 0 Å². The summed E-state index contributed by atoms with van der Waals surface area (Å²) in [7, 11) is 0. The van der Waals surface area contributed by atoms with Gasteiger partial charge in [-0.25, -0.2) is 24.5 Å². The van der Waals surface area contributed by atoms with Crippen LogP contribution >= 0.6 is 0 Å². The normalized spacial score (nSPS) is 15.3. The van der Waals surface area contributed by atoms with E-state index in [9.17, 15) is 0 Å². The number of aromatic nitrogens is 6. The SMILES string of the molecule is Cc1nc2c(N3CCOCC3)nc(-c3cnc(N)nc3)cn2n1. The number of nitrogens with two attached hydrogens (primary N) is 1. The molecule has 9 nitrogen and oxygen atoms in total. The fourth-order valence-corrected chi connectivity index (χ4v) is 2.58. The fourth-order valence-electron chi connectivity index (χ4n) is 2.58. The van der Waals surface area contributed by atoms with Gasteiger partial charge in [0, 0.05) is 31.0 Å². The van der Waals surface area contributed by atoms with Crippen LogP contribution in [0.1, 0.15) is 5.82 Å². The Labute approximate surface area is 132 Å². The molecule has 1 aliphatic rings. The number of morpholine rings is 1. The quantitative estimate of drug-likeness (QED) is 0.720. The molecule has 0 radical (unpaired) electrons. The first-order valence-corrected chi connectivity index (χ1v) is 7.35. The first-order chi connectivity index (χ1) is 11.2. The zero-order valence-corrected chi connectivity index (χ0v) is 12.7. The molecule has 3 aromatic heterocycles. The van der Waals surface area contributed by atoms with Crippen LogP contribution in [-0.2, 0) is 4.74 Å². The molecule has 0 bridgehead atoms. The monoisotopic (exact) mass is 312 g/mol. The van der Waals surface area contributed by atoms with Crippen LogP contribution < -0.4 is 10.6 Å². The number of rotatable bonds is 2. The summed E-state index contributed by atoms with van der Waals surface area (Å²) >= 11 is 0. The Morgan fingerprint density at radius 3 is 2.61 bits per heavy atom. The molecular weight excluding hydrogens is 296 g/mol. The molecular formula is C14H16N8O. The van der Waals surface area contributed by atoms with E-state index in [0.29, 0.717) is 19.0 Å². The van der Waals surface area contributed by atoms with Crippen molar-refractivity contribution in [3.63, 3.8) is 0 Å². The summed E-state index contributed by atoms with van der Waals surface area (Å²) in [6.45, 7) is 4.76. The second-order valence-corrected chi connectivity index (χ2v) is 5.31. The van der Waals surface area contributed by atoms with E-state index in [1.807, 2.05) is 13.1 Å². The van der Waals surface area contributed by atoms with Gasteiger partial charge in [-0.3, -0.25) is 0 Å². The highest BCUT2D eigenvalue weighted by molar-refractivity contribution is 5.69. The highest BCUT2D eigenvalue weighted by atomic mass is 16.5. The maximum absolute atomic E-state index is 5.55.